The number of rotatable bonds is 4. The Morgan fingerprint density at radius 3 is 2.43 bits per heavy atom. The van der Waals surface area contributed by atoms with Crippen molar-refractivity contribution in [2.24, 2.45) is 0 Å². The molecule has 2 amide bonds. The first-order valence-electron chi connectivity index (χ1n) is 11.6. The molecule has 0 saturated carbocycles. The van der Waals surface area contributed by atoms with Crippen molar-refractivity contribution in [1.82, 2.24) is 25.2 Å². The van der Waals surface area contributed by atoms with E-state index in [1.807, 2.05) is 24.8 Å². The number of benzene rings is 2. The molecular weight excluding hydrogens is 450 g/mol. The summed E-state index contributed by atoms with van der Waals surface area (Å²) in [5.74, 6) is 0.211. The molecule has 35 heavy (non-hydrogen) atoms. The highest BCUT2D eigenvalue weighted by molar-refractivity contribution is 5.92. The summed E-state index contributed by atoms with van der Waals surface area (Å²) in [5, 5.41) is 3.89. The minimum absolute atomic E-state index is 0.0512. The minimum Gasteiger partial charge on any atom is -0.352 e. The van der Waals surface area contributed by atoms with Gasteiger partial charge in [0.1, 0.15) is 29.4 Å². The van der Waals surface area contributed by atoms with Gasteiger partial charge in [-0.25, -0.2) is 23.5 Å². The van der Waals surface area contributed by atoms with Crippen LogP contribution in [0.4, 0.5) is 19.4 Å². The van der Waals surface area contributed by atoms with Crippen LogP contribution in [-0.4, -0.2) is 51.6 Å². The largest absolute Gasteiger partial charge is 0.352 e. The third-order valence-corrected chi connectivity index (χ3v) is 6.46. The first-order chi connectivity index (χ1) is 16.9. The summed E-state index contributed by atoms with van der Waals surface area (Å²) in [7, 11) is 0. The van der Waals surface area contributed by atoms with E-state index in [-0.39, 0.29) is 29.7 Å². The summed E-state index contributed by atoms with van der Waals surface area (Å²) in [6.07, 6.45) is 1.52. The predicted octanol–water partition coefficient (Wildman–Crippen LogP) is 4.88. The Hall–Kier alpha value is -4.01. The Labute approximate surface area is 201 Å². The highest BCUT2D eigenvalue weighted by Gasteiger charge is 2.30. The van der Waals surface area contributed by atoms with Gasteiger partial charge in [0.25, 0.3) is 0 Å². The van der Waals surface area contributed by atoms with Crippen LogP contribution in [0.2, 0.25) is 0 Å². The van der Waals surface area contributed by atoms with E-state index in [0.29, 0.717) is 25.3 Å². The molecule has 5 rings (SSSR count). The molecule has 0 spiro atoms. The van der Waals surface area contributed by atoms with Crippen molar-refractivity contribution in [3.63, 3.8) is 0 Å². The van der Waals surface area contributed by atoms with Gasteiger partial charge in [0.05, 0.1) is 11.4 Å². The van der Waals surface area contributed by atoms with Gasteiger partial charge in [-0.1, -0.05) is 12.1 Å². The van der Waals surface area contributed by atoms with Gasteiger partial charge in [-0.2, -0.15) is 0 Å². The fourth-order valence-electron chi connectivity index (χ4n) is 4.52. The number of aromatic nitrogens is 3. The molecule has 0 radical (unpaired) electrons. The number of H-pyrrole nitrogens is 1. The topological polar surface area (TPSA) is 77.2 Å². The van der Waals surface area contributed by atoms with Crippen LogP contribution in [0.15, 0.2) is 60.9 Å². The van der Waals surface area contributed by atoms with Crippen LogP contribution in [0.1, 0.15) is 25.5 Å². The van der Waals surface area contributed by atoms with Crippen LogP contribution >= 0.6 is 0 Å². The number of carbonyl (C=O) groups is 1. The van der Waals surface area contributed by atoms with Crippen LogP contribution in [0.25, 0.3) is 22.3 Å². The molecule has 0 aliphatic carbocycles. The number of urea groups is 1. The lowest BCUT2D eigenvalue weighted by atomic mass is 10.1. The summed E-state index contributed by atoms with van der Waals surface area (Å²) in [6.45, 7) is 5.65. The van der Waals surface area contributed by atoms with E-state index >= 15 is 0 Å². The summed E-state index contributed by atoms with van der Waals surface area (Å²) < 4.78 is 26.5. The van der Waals surface area contributed by atoms with Gasteiger partial charge in [-0.3, -0.25) is 0 Å². The molecule has 1 fully saturated rings. The number of aromatic amines is 1. The Morgan fingerprint density at radius 2 is 1.74 bits per heavy atom. The Balaban J connectivity index is 1.30. The number of carbonyl (C=O) groups excluding carboxylic acids is 1. The van der Waals surface area contributed by atoms with Gasteiger partial charge < -0.3 is 20.1 Å². The summed E-state index contributed by atoms with van der Waals surface area (Å²) in [5.41, 5.74) is 3.25. The van der Waals surface area contributed by atoms with Gasteiger partial charge in [0.15, 0.2) is 0 Å². The fraction of sp³-hybridized carbons (Fsp3) is 0.269. The Kier molecular flexibility index (Phi) is 6.07. The molecule has 1 aliphatic rings. The number of fused-ring (bicyclic) bond motifs is 1. The molecule has 3 heterocycles. The molecule has 2 aromatic heterocycles. The molecule has 180 valence electrons. The van der Waals surface area contributed by atoms with Gasteiger partial charge in [0.2, 0.25) is 0 Å². The van der Waals surface area contributed by atoms with Crippen LogP contribution in [0, 0.1) is 11.6 Å². The monoisotopic (exact) mass is 476 g/mol. The molecule has 4 aromatic rings. The highest BCUT2D eigenvalue weighted by Crippen LogP contribution is 2.30. The molecule has 2 aromatic carbocycles. The third kappa shape index (κ3) is 4.66. The van der Waals surface area contributed by atoms with Crippen molar-refractivity contribution >= 4 is 22.9 Å². The highest BCUT2D eigenvalue weighted by atomic mass is 19.1. The van der Waals surface area contributed by atoms with E-state index in [1.54, 1.807) is 24.3 Å². The van der Waals surface area contributed by atoms with E-state index in [9.17, 15) is 13.6 Å². The number of nitrogens with one attached hydrogen (secondary N) is 2. The molecule has 2 N–H and O–H groups in total. The molecule has 1 aliphatic heterocycles. The van der Waals surface area contributed by atoms with Crippen LogP contribution in [0.5, 0.6) is 0 Å². The zero-order chi connectivity index (χ0) is 24.5. The van der Waals surface area contributed by atoms with Crippen molar-refractivity contribution in [1.29, 1.82) is 0 Å². The smallest absolute Gasteiger partial charge is 0.318 e. The zero-order valence-electron chi connectivity index (χ0n) is 19.5. The maximum Gasteiger partial charge on any atom is 0.318 e. The number of halogens is 2. The molecule has 7 nitrogen and oxygen atoms in total. The molecule has 2 atom stereocenters. The first kappa shape index (κ1) is 22.8. The van der Waals surface area contributed by atoms with E-state index in [2.05, 4.69) is 25.2 Å². The second kappa shape index (κ2) is 9.32. The number of hydrogen-bond donors (Lipinski definition) is 2. The summed E-state index contributed by atoms with van der Waals surface area (Å²) >= 11 is 0. The molecule has 0 unspecified atom stereocenters. The fourth-order valence-corrected chi connectivity index (χ4v) is 4.52. The lowest BCUT2D eigenvalue weighted by molar-refractivity contribution is 0.168. The Morgan fingerprint density at radius 1 is 1.06 bits per heavy atom. The summed E-state index contributed by atoms with van der Waals surface area (Å²) in [4.78, 5) is 29.1. The number of nitrogens with zero attached hydrogens (tertiary/aromatic N) is 4. The predicted molar refractivity (Wildman–Crippen MR) is 131 cm³/mol. The summed E-state index contributed by atoms with van der Waals surface area (Å²) in [6, 6.07) is 14.0. The second-order valence-electron chi connectivity index (χ2n) is 8.86. The number of hydrogen-bond acceptors (Lipinski definition) is 4. The zero-order valence-corrected chi connectivity index (χ0v) is 19.5. The first-order valence-corrected chi connectivity index (χ1v) is 11.6. The van der Waals surface area contributed by atoms with E-state index < -0.39 is 0 Å². The van der Waals surface area contributed by atoms with Crippen LogP contribution in [0.3, 0.4) is 0 Å². The van der Waals surface area contributed by atoms with E-state index in [0.717, 1.165) is 28.0 Å². The number of anilines is 1. The van der Waals surface area contributed by atoms with E-state index in [1.165, 1.54) is 30.6 Å². The standard InChI is InChI=1S/C26H26F2N6O/c1-16-14-33(11-12-34(16)26(35)31-17(2)18-3-7-20(27)8-4-18)25-22-13-23(32-24(22)29-15-30-25)19-5-9-21(28)10-6-19/h3-10,13,15-17H,11-12,14H2,1-2H3,(H,31,35)(H,29,30,32)/t16-,17+/m1/s1. The molecular formula is C26H26F2N6O. The van der Waals surface area contributed by atoms with Crippen molar-refractivity contribution in [2.75, 3.05) is 24.5 Å². The number of amides is 2. The van der Waals surface area contributed by atoms with Gasteiger partial charge in [0, 0.05) is 31.4 Å². The van der Waals surface area contributed by atoms with Gasteiger partial charge in [-0.15, -0.1) is 0 Å². The normalized spacial score (nSPS) is 17.0. The molecule has 1 saturated heterocycles. The van der Waals surface area contributed by atoms with Crippen LogP contribution < -0.4 is 10.2 Å². The second-order valence-corrected chi connectivity index (χ2v) is 8.86. The van der Waals surface area contributed by atoms with Crippen molar-refractivity contribution in [3.05, 3.63) is 78.1 Å². The van der Waals surface area contributed by atoms with Gasteiger partial charge in [-0.05, 0) is 67.4 Å². The average molecular weight is 477 g/mol. The maximum atomic E-state index is 13.3. The molecule has 0 bridgehead atoms. The lowest BCUT2D eigenvalue weighted by Crippen LogP contribution is -2.57. The SMILES string of the molecule is C[C@H](NC(=O)N1CCN(c2ncnc3[nH]c(-c4ccc(F)cc4)cc23)C[C@H]1C)c1ccc(F)cc1. The molecule has 9 heteroatoms. The quantitative estimate of drug-likeness (QED) is 0.440. The average Bonchev–Trinajstić information content (AvgIpc) is 3.29. The van der Waals surface area contributed by atoms with E-state index in [4.69, 9.17) is 0 Å². The van der Waals surface area contributed by atoms with Gasteiger partial charge >= 0.3 is 6.03 Å². The van der Waals surface area contributed by atoms with Crippen molar-refractivity contribution in [3.8, 4) is 11.3 Å². The number of piperazine rings is 1. The minimum atomic E-state index is -0.303. The third-order valence-electron chi connectivity index (χ3n) is 6.46. The van der Waals surface area contributed by atoms with Crippen molar-refractivity contribution < 1.29 is 13.6 Å². The maximum absolute atomic E-state index is 13.3. The Bertz CT molecular complexity index is 1340. The van der Waals surface area contributed by atoms with Crippen molar-refractivity contribution in [2.45, 2.75) is 25.9 Å². The lowest BCUT2D eigenvalue weighted by Gasteiger charge is -2.40. The van der Waals surface area contributed by atoms with Crippen LogP contribution in [-0.2, 0) is 0 Å².